The lowest BCUT2D eigenvalue weighted by molar-refractivity contribution is -0.145. The molecule has 0 radical (unpaired) electrons. The molecule has 1 aromatic carbocycles. The van der Waals surface area contributed by atoms with E-state index in [1.54, 1.807) is 25.1 Å². The van der Waals surface area contributed by atoms with Crippen molar-refractivity contribution in [2.24, 2.45) is 5.92 Å². The highest BCUT2D eigenvalue weighted by Gasteiger charge is 2.19. The topological polar surface area (TPSA) is 50.1 Å². The number of carbonyl (C=O) groups excluding carboxylic acids is 1. The first-order chi connectivity index (χ1) is 7.67. The van der Waals surface area contributed by atoms with E-state index in [1.165, 1.54) is 0 Å². The Morgan fingerprint density at radius 3 is 2.94 bits per heavy atom. The zero-order valence-electron chi connectivity index (χ0n) is 8.94. The van der Waals surface area contributed by atoms with Gasteiger partial charge in [0.25, 0.3) is 0 Å². The Kier molecular flexibility index (Phi) is 4.81. The molecule has 0 saturated carbocycles. The molecule has 0 aliphatic rings. The second-order valence-corrected chi connectivity index (χ2v) is 3.70. The summed E-state index contributed by atoms with van der Waals surface area (Å²) in [6.07, 6.45) is 0.329. The van der Waals surface area contributed by atoms with Gasteiger partial charge in [0.1, 0.15) is 5.92 Å². The maximum atomic E-state index is 11.4. The van der Waals surface area contributed by atoms with Gasteiger partial charge in [0.2, 0.25) is 0 Å². The van der Waals surface area contributed by atoms with E-state index in [0.717, 1.165) is 5.56 Å². The van der Waals surface area contributed by atoms with E-state index in [2.05, 4.69) is 0 Å². The monoisotopic (exact) mass is 237 g/mol. The SMILES string of the molecule is CCOC(=O)C(C#N)Cc1cccc(Cl)c1. The maximum Gasteiger partial charge on any atom is 0.323 e. The summed E-state index contributed by atoms with van der Waals surface area (Å²) in [7, 11) is 0. The molecule has 1 atom stereocenters. The summed E-state index contributed by atoms with van der Waals surface area (Å²) in [5.41, 5.74) is 0.854. The van der Waals surface area contributed by atoms with E-state index in [1.807, 2.05) is 12.1 Å². The Hall–Kier alpha value is -1.53. The lowest BCUT2D eigenvalue weighted by Crippen LogP contribution is -2.18. The van der Waals surface area contributed by atoms with Crippen molar-refractivity contribution in [2.75, 3.05) is 6.61 Å². The van der Waals surface area contributed by atoms with Gasteiger partial charge in [-0.05, 0) is 31.0 Å². The van der Waals surface area contributed by atoms with Crippen molar-refractivity contribution >= 4 is 17.6 Å². The van der Waals surface area contributed by atoms with Gasteiger partial charge in [0.05, 0.1) is 12.7 Å². The minimum Gasteiger partial charge on any atom is -0.465 e. The van der Waals surface area contributed by atoms with Crippen LogP contribution in [0.1, 0.15) is 12.5 Å². The standard InChI is InChI=1S/C12H12ClNO2/c1-2-16-12(15)10(8-14)6-9-4-3-5-11(13)7-9/h3-5,7,10H,2,6H2,1H3. The lowest BCUT2D eigenvalue weighted by atomic mass is 10.0. The van der Waals surface area contributed by atoms with Crippen LogP contribution in [0.4, 0.5) is 0 Å². The molecule has 0 aliphatic carbocycles. The number of carbonyl (C=O) groups is 1. The lowest BCUT2D eigenvalue weighted by Gasteiger charge is -2.08. The van der Waals surface area contributed by atoms with Gasteiger partial charge in [-0.15, -0.1) is 0 Å². The third kappa shape index (κ3) is 3.56. The smallest absolute Gasteiger partial charge is 0.323 e. The van der Waals surface area contributed by atoms with Crippen LogP contribution in [0.2, 0.25) is 5.02 Å². The summed E-state index contributed by atoms with van der Waals surface area (Å²) in [5.74, 6) is -1.25. The summed E-state index contributed by atoms with van der Waals surface area (Å²) in [5, 5.41) is 9.47. The highest BCUT2D eigenvalue weighted by molar-refractivity contribution is 6.30. The largest absolute Gasteiger partial charge is 0.465 e. The molecular weight excluding hydrogens is 226 g/mol. The quantitative estimate of drug-likeness (QED) is 0.757. The molecule has 0 saturated heterocycles. The predicted molar refractivity (Wildman–Crippen MR) is 60.9 cm³/mol. The average Bonchev–Trinajstić information content (AvgIpc) is 2.26. The molecule has 1 unspecified atom stereocenters. The zero-order valence-corrected chi connectivity index (χ0v) is 9.70. The van der Waals surface area contributed by atoms with Crippen molar-refractivity contribution < 1.29 is 9.53 Å². The molecular formula is C12H12ClNO2. The fourth-order valence-electron chi connectivity index (χ4n) is 1.32. The minimum absolute atomic E-state index is 0.284. The fourth-order valence-corrected chi connectivity index (χ4v) is 1.54. The molecule has 1 rings (SSSR count). The second-order valence-electron chi connectivity index (χ2n) is 3.27. The Morgan fingerprint density at radius 2 is 2.38 bits per heavy atom. The molecule has 3 nitrogen and oxygen atoms in total. The first kappa shape index (κ1) is 12.5. The number of esters is 1. The van der Waals surface area contributed by atoms with Gasteiger partial charge >= 0.3 is 5.97 Å². The van der Waals surface area contributed by atoms with E-state index in [9.17, 15) is 4.79 Å². The molecule has 0 aromatic heterocycles. The molecule has 0 bridgehead atoms. The molecule has 0 fully saturated rings. The summed E-state index contributed by atoms with van der Waals surface area (Å²) in [6, 6.07) is 9.04. The van der Waals surface area contributed by atoms with Gasteiger partial charge in [0.15, 0.2) is 0 Å². The van der Waals surface area contributed by atoms with Gasteiger partial charge < -0.3 is 4.74 Å². The Morgan fingerprint density at radius 1 is 1.62 bits per heavy atom. The summed E-state index contributed by atoms with van der Waals surface area (Å²) in [6.45, 7) is 2.00. The first-order valence-electron chi connectivity index (χ1n) is 4.98. The molecule has 1 aromatic rings. The normalized spacial score (nSPS) is 11.6. The number of rotatable bonds is 4. The van der Waals surface area contributed by atoms with E-state index in [-0.39, 0.29) is 6.61 Å². The molecule has 0 aliphatic heterocycles. The average molecular weight is 238 g/mol. The van der Waals surface area contributed by atoms with E-state index < -0.39 is 11.9 Å². The van der Waals surface area contributed by atoms with Crippen LogP contribution in [-0.4, -0.2) is 12.6 Å². The van der Waals surface area contributed by atoms with Crippen LogP contribution in [0.15, 0.2) is 24.3 Å². The fraction of sp³-hybridized carbons (Fsp3) is 0.333. The zero-order chi connectivity index (χ0) is 12.0. The van der Waals surface area contributed by atoms with Crippen molar-refractivity contribution in [3.8, 4) is 6.07 Å². The summed E-state index contributed by atoms with van der Waals surface area (Å²) < 4.78 is 4.80. The number of hydrogen-bond acceptors (Lipinski definition) is 3. The molecule has 0 heterocycles. The van der Waals surface area contributed by atoms with Gasteiger partial charge in [-0.2, -0.15) is 5.26 Å². The van der Waals surface area contributed by atoms with Crippen molar-refractivity contribution in [2.45, 2.75) is 13.3 Å². The van der Waals surface area contributed by atoms with Crippen LogP contribution in [-0.2, 0) is 16.0 Å². The highest BCUT2D eigenvalue weighted by atomic mass is 35.5. The van der Waals surface area contributed by atoms with E-state index in [0.29, 0.717) is 11.4 Å². The Labute approximate surface area is 99.6 Å². The highest BCUT2D eigenvalue weighted by Crippen LogP contribution is 2.15. The van der Waals surface area contributed by atoms with Crippen molar-refractivity contribution in [1.82, 2.24) is 0 Å². The Balaban J connectivity index is 2.71. The Bertz CT molecular complexity index is 412. The van der Waals surface area contributed by atoms with Crippen LogP contribution < -0.4 is 0 Å². The van der Waals surface area contributed by atoms with Gasteiger partial charge in [-0.1, -0.05) is 23.7 Å². The summed E-state index contributed by atoms with van der Waals surface area (Å²) in [4.78, 5) is 11.4. The molecule has 0 N–H and O–H groups in total. The van der Waals surface area contributed by atoms with Crippen molar-refractivity contribution in [3.63, 3.8) is 0 Å². The first-order valence-corrected chi connectivity index (χ1v) is 5.36. The van der Waals surface area contributed by atoms with Crippen LogP contribution in [0.25, 0.3) is 0 Å². The molecule has 16 heavy (non-hydrogen) atoms. The predicted octanol–water partition coefficient (Wildman–Crippen LogP) is 2.59. The van der Waals surface area contributed by atoms with E-state index in [4.69, 9.17) is 21.6 Å². The number of halogens is 1. The van der Waals surface area contributed by atoms with Crippen LogP contribution in [0.3, 0.4) is 0 Å². The van der Waals surface area contributed by atoms with Crippen LogP contribution >= 0.6 is 11.6 Å². The number of nitrogens with zero attached hydrogens (tertiary/aromatic N) is 1. The minimum atomic E-state index is -0.765. The third-order valence-corrected chi connectivity index (χ3v) is 2.29. The van der Waals surface area contributed by atoms with Crippen molar-refractivity contribution in [3.05, 3.63) is 34.9 Å². The molecule has 0 amide bonds. The summed E-state index contributed by atoms with van der Waals surface area (Å²) >= 11 is 5.81. The van der Waals surface area contributed by atoms with Gasteiger partial charge in [-0.25, -0.2) is 0 Å². The number of nitriles is 1. The molecule has 4 heteroatoms. The van der Waals surface area contributed by atoms with Crippen LogP contribution in [0.5, 0.6) is 0 Å². The third-order valence-electron chi connectivity index (χ3n) is 2.06. The second kappa shape index (κ2) is 6.14. The number of hydrogen-bond donors (Lipinski definition) is 0. The van der Waals surface area contributed by atoms with Crippen molar-refractivity contribution in [1.29, 1.82) is 5.26 Å². The van der Waals surface area contributed by atoms with Gasteiger partial charge in [-0.3, -0.25) is 4.79 Å². The molecule has 84 valence electrons. The number of benzene rings is 1. The molecule has 0 spiro atoms. The van der Waals surface area contributed by atoms with Gasteiger partial charge in [0, 0.05) is 5.02 Å². The maximum absolute atomic E-state index is 11.4. The van der Waals surface area contributed by atoms with Crippen LogP contribution in [0, 0.1) is 17.2 Å². The van der Waals surface area contributed by atoms with E-state index >= 15 is 0 Å². The number of ether oxygens (including phenoxy) is 1.